The number of rotatable bonds is 5. The molecule has 2 heterocycles. The first-order valence-electron chi connectivity index (χ1n) is 7.88. The fourth-order valence-electron chi connectivity index (χ4n) is 3.54. The lowest BCUT2D eigenvalue weighted by molar-refractivity contribution is -0.132. The van der Waals surface area contributed by atoms with Gasteiger partial charge in [-0.2, -0.15) is 0 Å². The Morgan fingerprint density at radius 2 is 1.85 bits per heavy atom. The van der Waals surface area contributed by atoms with Gasteiger partial charge in [0.05, 0.1) is 11.5 Å². The molecule has 0 aliphatic carbocycles. The maximum Gasteiger partial charge on any atom is 0.171 e. The molecule has 2 aliphatic rings. The Morgan fingerprint density at radius 1 is 1.25 bits per heavy atom. The first-order chi connectivity index (χ1) is 9.22. The van der Waals surface area contributed by atoms with E-state index in [1.54, 1.807) is 0 Å². The maximum atomic E-state index is 12.5. The molecule has 2 aliphatic heterocycles. The van der Waals surface area contributed by atoms with Crippen molar-refractivity contribution in [1.29, 1.82) is 0 Å². The third-order valence-corrected chi connectivity index (χ3v) is 4.76. The molecule has 2 saturated heterocycles. The van der Waals surface area contributed by atoms with Crippen LogP contribution in [0.2, 0.25) is 0 Å². The van der Waals surface area contributed by atoms with Crippen LogP contribution in [0.3, 0.4) is 0 Å². The van der Waals surface area contributed by atoms with Gasteiger partial charge in [0.2, 0.25) is 0 Å². The molecule has 1 atom stereocenters. The minimum absolute atomic E-state index is 0.0268. The summed E-state index contributed by atoms with van der Waals surface area (Å²) >= 11 is 0. The van der Waals surface area contributed by atoms with E-state index in [-0.39, 0.29) is 17.3 Å². The summed E-state index contributed by atoms with van der Waals surface area (Å²) in [5, 5.41) is 0. The number of nitrogens with zero attached hydrogens (tertiary/aromatic N) is 2. The molecule has 0 aromatic rings. The second-order valence-electron chi connectivity index (χ2n) is 7.44. The van der Waals surface area contributed by atoms with Crippen LogP contribution in [-0.4, -0.2) is 66.6 Å². The summed E-state index contributed by atoms with van der Waals surface area (Å²) in [5.74, 6) is 0.219. The molecule has 0 aromatic carbocycles. The second-order valence-corrected chi connectivity index (χ2v) is 7.44. The smallest absolute Gasteiger partial charge is 0.171 e. The van der Waals surface area contributed by atoms with Crippen LogP contribution < -0.4 is 0 Å². The Bertz CT molecular complexity index is 359. The van der Waals surface area contributed by atoms with Gasteiger partial charge in [-0.1, -0.05) is 0 Å². The number of likely N-dealkylation sites (tertiary alicyclic amines) is 1. The Morgan fingerprint density at radius 3 is 2.35 bits per heavy atom. The van der Waals surface area contributed by atoms with Gasteiger partial charge in [0.1, 0.15) is 5.60 Å². The van der Waals surface area contributed by atoms with E-state index in [0.29, 0.717) is 0 Å². The summed E-state index contributed by atoms with van der Waals surface area (Å²) in [6, 6.07) is 0. The lowest BCUT2D eigenvalue weighted by Crippen LogP contribution is -2.41. The minimum atomic E-state index is -0.635. The zero-order valence-corrected chi connectivity index (χ0v) is 13.7. The summed E-state index contributed by atoms with van der Waals surface area (Å²) in [6.45, 7) is 13.3. The number of ether oxygens (including phenoxy) is 1. The number of Topliss-reactive ketones (excluding diaryl/α,β-unsaturated/α-hetero) is 1. The van der Waals surface area contributed by atoms with Crippen molar-refractivity contribution in [3.8, 4) is 0 Å². The normalized spacial score (nSPS) is 29.5. The van der Waals surface area contributed by atoms with Crippen LogP contribution in [0.15, 0.2) is 0 Å². The zero-order valence-electron chi connectivity index (χ0n) is 13.7. The van der Waals surface area contributed by atoms with Gasteiger partial charge < -0.3 is 14.5 Å². The summed E-state index contributed by atoms with van der Waals surface area (Å²) in [4.78, 5) is 17.3. The highest BCUT2D eigenvalue weighted by molar-refractivity contribution is 5.91. The average Bonchev–Trinajstić information content (AvgIpc) is 2.88. The van der Waals surface area contributed by atoms with Crippen LogP contribution in [0.1, 0.15) is 40.5 Å². The molecule has 2 fully saturated rings. The van der Waals surface area contributed by atoms with Crippen LogP contribution in [0.25, 0.3) is 0 Å². The van der Waals surface area contributed by atoms with Gasteiger partial charge >= 0.3 is 0 Å². The van der Waals surface area contributed by atoms with Gasteiger partial charge in [-0.05, 0) is 60.7 Å². The Kier molecular flexibility index (Phi) is 4.57. The molecule has 0 saturated carbocycles. The van der Waals surface area contributed by atoms with E-state index >= 15 is 0 Å². The molecule has 0 aromatic heterocycles. The van der Waals surface area contributed by atoms with Crippen molar-refractivity contribution in [2.75, 3.05) is 39.8 Å². The molecular formula is C16H30N2O2. The summed E-state index contributed by atoms with van der Waals surface area (Å²) in [7, 11) is 2.12. The van der Waals surface area contributed by atoms with Gasteiger partial charge in [0.15, 0.2) is 5.78 Å². The first kappa shape index (κ1) is 15.9. The summed E-state index contributed by atoms with van der Waals surface area (Å²) < 4.78 is 5.95. The van der Waals surface area contributed by atoms with E-state index in [2.05, 4.69) is 16.8 Å². The first-order valence-corrected chi connectivity index (χ1v) is 7.88. The van der Waals surface area contributed by atoms with Crippen molar-refractivity contribution >= 4 is 5.78 Å². The van der Waals surface area contributed by atoms with Crippen LogP contribution in [0, 0.1) is 5.92 Å². The number of hydrogen-bond donors (Lipinski definition) is 0. The molecule has 0 amide bonds. The van der Waals surface area contributed by atoms with E-state index in [4.69, 9.17) is 4.74 Å². The molecule has 0 bridgehead atoms. The van der Waals surface area contributed by atoms with Crippen molar-refractivity contribution in [3.63, 3.8) is 0 Å². The lowest BCUT2D eigenvalue weighted by atomic mass is 9.85. The van der Waals surface area contributed by atoms with E-state index in [0.717, 1.165) is 19.6 Å². The van der Waals surface area contributed by atoms with E-state index in [9.17, 15) is 4.79 Å². The third kappa shape index (κ3) is 3.41. The molecule has 4 nitrogen and oxygen atoms in total. The molecule has 2 rings (SSSR count). The highest BCUT2D eigenvalue weighted by Crippen LogP contribution is 2.39. The van der Waals surface area contributed by atoms with Gasteiger partial charge in [0, 0.05) is 19.6 Å². The van der Waals surface area contributed by atoms with Gasteiger partial charge in [-0.15, -0.1) is 0 Å². The topological polar surface area (TPSA) is 32.8 Å². The van der Waals surface area contributed by atoms with Crippen molar-refractivity contribution in [2.45, 2.75) is 51.7 Å². The quantitative estimate of drug-likeness (QED) is 0.769. The van der Waals surface area contributed by atoms with Crippen molar-refractivity contribution in [2.24, 2.45) is 5.92 Å². The van der Waals surface area contributed by atoms with Gasteiger partial charge in [0.25, 0.3) is 0 Å². The fourth-order valence-corrected chi connectivity index (χ4v) is 3.54. The number of carbonyl (C=O) groups is 1. The van der Waals surface area contributed by atoms with Crippen LogP contribution >= 0.6 is 0 Å². The maximum absolute atomic E-state index is 12.5. The molecule has 0 N–H and O–H groups in total. The van der Waals surface area contributed by atoms with E-state index < -0.39 is 5.60 Å². The van der Waals surface area contributed by atoms with Gasteiger partial charge in [-0.25, -0.2) is 0 Å². The Balaban J connectivity index is 1.86. The largest absolute Gasteiger partial charge is 0.361 e. The molecule has 4 heteroatoms. The SMILES string of the molecule is CN(CCN1CCCC1)CC1C(=O)C(C)(C)OC1(C)C. The molecule has 1 unspecified atom stereocenters. The number of carbonyl (C=O) groups excluding carboxylic acids is 1. The van der Waals surface area contributed by atoms with Crippen LogP contribution in [0.5, 0.6) is 0 Å². The van der Waals surface area contributed by atoms with E-state index in [1.165, 1.54) is 25.9 Å². The Labute approximate surface area is 123 Å². The minimum Gasteiger partial charge on any atom is -0.361 e. The molecular weight excluding hydrogens is 252 g/mol. The van der Waals surface area contributed by atoms with E-state index in [1.807, 2.05) is 27.7 Å². The molecule has 0 radical (unpaired) electrons. The number of hydrogen-bond acceptors (Lipinski definition) is 4. The van der Waals surface area contributed by atoms with Crippen molar-refractivity contribution < 1.29 is 9.53 Å². The zero-order chi connectivity index (χ0) is 15.0. The Hall–Kier alpha value is -0.450. The van der Waals surface area contributed by atoms with Crippen molar-refractivity contribution in [3.05, 3.63) is 0 Å². The standard InChI is InChI=1S/C16H30N2O2/c1-15(2)13(14(19)16(3,4)20-15)12-17(5)10-11-18-8-6-7-9-18/h13H,6-12H2,1-5H3. The van der Waals surface area contributed by atoms with Gasteiger partial charge in [-0.3, -0.25) is 4.79 Å². The summed E-state index contributed by atoms with van der Waals surface area (Å²) in [5.41, 5.74) is -0.994. The van der Waals surface area contributed by atoms with Crippen LogP contribution in [-0.2, 0) is 9.53 Å². The number of ketones is 1. The lowest BCUT2D eigenvalue weighted by Gasteiger charge is -2.29. The summed E-state index contributed by atoms with van der Waals surface area (Å²) in [6.07, 6.45) is 2.67. The third-order valence-electron chi connectivity index (χ3n) is 4.76. The average molecular weight is 282 g/mol. The predicted molar refractivity (Wildman–Crippen MR) is 80.9 cm³/mol. The predicted octanol–water partition coefficient (Wildman–Crippen LogP) is 1.79. The van der Waals surface area contributed by atoms with Crippen molar-refractivity contribution in [1.82, 2.24) is 9.80 Å². The second kappa shape index (κ2) is 5.74. The molecule has 116 valence electrons. The van der Waals surface area contributed by atoms with Crippen LogP contribution in [0.4, 0.5) is 0 Å². The molecule has 0 spiro atoms. The number of likely N-dealkylation sites (N-methyl/N-ethyl adjacent to an activating group) is 1. The monoisotopic (exact) mass is 282 g/mol. The highest BCUT2D eigenvalue weighted by atomic mass is 16.5. The highest BCUT2D eigenvalue weighted by Gasteiger charge is 2.53. The fraction of sp³-hybridized carbons (Fsp3) is 0.938. The molecule has 20 heavy (non-hydrogen) atoms.